The van der Waals surface area contributed by atoms with E-state index < -0.39 is 18.0 Å². The summed E-state index contributed by atoms with van der Waals surface area (Å²) in [5.41, 5.74) is 0.873. The van der Waals surface area contributed by atoms with Gasteiger partial charge in [0.2, 0.25) is 0 Å². The molecule has 5 nitrogen and oxygen atoms in total. The number of esters is 1. The summed E-state index contributed by atoms with van der Waals surface area (Å²) in [6, 6.07) is 11.9. The van der Waals surface area contributed by atoms with Crippen LogP contribution in [-0.2, 0) is 9.53 Å². The third-order valence-corrected chi connectivity index (χ3v) is 2.88. The van der Waals surface area contributed by atoms with E-state index in [9.17, 15) is 9.59 Å². The lowest BCUT2D eigenvalue weighted by atomic mass is 10.3. The molecule has 0 aliphatic rings. The fourth-order valence-electron chi connectivity index (χ4n) is 1.54. The van der Waals surface area contributed by atoms with Crippen molar-refractivity contribution in [2.24, 2.45) is 0 Å². The number of benzene rings is 1. The van der Waals surface area contributed by atoms with E-state index in [1.165, 1.54) is 25.3 Å². The molecule has 1 heterocycles. The van der Waals surface area contributed by atoms with Crippen LogP contribution < -0.4 is 5.32 Å². The van der Waals surface area contributed by atoms with E-state index in [-0.39, 0.29) is 10.7 Å². The van der Waals surface area contributed by atoms with Gasteiger partial charge in [-0.2, -0.15) is 0 Å². The zero-order chi connectivity index (χ0) is 15.2. The van der Waals surface area contributed by atoms with Crippen LogP contribution in [0.4, 0.5) is 5.69 Å². The number of carbonyl (C=O) groups excluding carboxylic acids is 2. The van der Waals surface area contributed by atoms with Crippen molar-refractivity contribution in [3.8, 4) is 0 Å². The minimum Gasteiger partial charge on any atom is -0.449 e. The summed E-state index contributed by atoms with van der Waals surface area (Å²) in [7, 11) is 0. The second-order valence-corrected chi connectivity index (χ2v) is 4.66. The minimum atomic E-state index is -0.923. The predicted molar refractivity (Wildman–Crippen MR) is 79.2 cm³/mol. The van der Waals surface area contributed by atoms with Gasteiger partial charge < -0.3 is 10.1 Å². The lowest BCUT2D eigenvalue weighted by Gasteiger charge is -2.13. The van der Waals surface area contributed by atoms with Crippen molar-refractivity contribution in [2.45, 2.75) is 13.0 Å². The van der Waals surface area contributed by atoms with Crippen LogP contribution in [0.1, 0.15) is 17.3 Å². The normalized spacial score (nSPS) is 11.5. The van der Waals surface area contributed by atoms with Crippen LogP contribution in [0.25, 0.3) is 0 Å². The summed E-state index contributed by atoms with van der Waals surface area (Å²) < 4.78 is 5.08. The third kappa shape index (κ3) is 4.29. The minimum absolute atomic E-state index is 0.235. The second-order valence-electron chi connectivity index (χ2n) is 4.27. The van der Waals surface area contributed by atoms with Gasteiger partial charge in [-0.25, -0.2) is 9.78 Å². The quantitative estimate of drug-likeness (QED) is 0.696. The van der Waals surface area contributed by atoms with Gasteiger partial charge in [-0.05, 0) is 31.2 Å². The Morgan fingerprint density at radius 3 is 2.52 bits per heavy atom. The van der Waals surface area contributed by atoms with E-state index in [1.807, 2.05) is 6.07 Å². The Balaban J connectivity index is 1.94. The second kappa shape index (κ2) is 6.85. The molecule has 0 saturated heterocycles. The molecule has 1 unspecified atom stereocenters. The lowest BCUT2D eigenvalue weighted by Crippen LogP contribution is -2.30. The van der Waals surface area contributed by atoms with Crippen molar-refractivity contribution in [1.29, 1.82) is 0 Å². The number of hydrogen-bond acceptors (Lipinski definition) is 4. The van der Waals surface area contributed by atoms with Gasteiger partial charge in [-0.15, -0.1) is 0 Å². The molecule has 1 aromatic heterocycles. The van der Waals surface area contributed by atoms with E-state index in [0.717, 1.165) is 0 Å². The fraction of sp³-hybridized carbons (Fsp3) is 0.133. The summed E-state index contributed by atoms with van der Waals surface area (Å²) in [6.45, 7) is 1.50. The summed E-state index contributed by atoms with van der Waals surface area (Å²) >= 11 is 5.64. The Morgan fingerprint density at radius 1 is 1.19 bits per heavy atom. The van der Waals surface area contributed by atoms with Gasteiger partial charge in [0.05, 0.1) is 5.56 Å². The first kappa shape index (κ1) is 15.0. The van der Waals surface area contributed by atoms with Gasteiger partial charge in [0.15, 0.2) is 6.10 Å². The Labute approximate surface area is 126 Å². The molecule has 1 aromatic carbocycles. The van der Waals surface area contributed by atoms with E-state index in [0.29, 0.717) is 5.69 Å². The Hall–Kier alpha value is -2.40. The number of hydrogen-bond donors (Lipinski definition) is 1. The standard InChI is InChI=1S/C15H13ClN2O3/c1-10(14(19)18-12-5-3-2-4-6-12)21-15(20)11-7-8-13(16)17-9-11/h2-10H,1H3,(H,18,19). The average molecular weight is 305 g/mol. The molecule has 1 N–H and O–H groups in total. The first-order valence-electron chi connectivity index (χ1n) is 6.24. The summed E-state index contributed by atoms with van der Waals surface area (Å²) in [4.78, 5) is 27.5. The zero-order valence-corrected chi connectivity index (χ0v) is 12.0. The molecular formula is C15H13ClN2O3. The number of rotatable bonds is 4. The highest BCUT2D eigenvalue weighted by atomic mass is 35.5. The molecule has 0 fully saturated rings. The third-order valence-electron chi connectivity index (χ3n) is 2.66. The molecule has 0 aliphatic carbocycles. The van der Waals surface area contributed by atoms with Crippen molar-refractivity contribution in [1.82, 2.24) is 4.98 Å². The number of pyridine rings is 1. The monoisotopic (exact) mass is 304 g/mol. The first-order valence-corrected chi connectivity index (χ1v) is 6.62. The molecular weight excluding hydrogens is 292 g/mol. The largest absolute Gasteiger partial charge is 0.449 e. The van der Waals surface area contributed by atoms with Crippen LogP contribution in [-0.4, -0.2) is 23.0 Å². The van der Waals surface area contributed by atoms with Crippen LogP contribution in [0.5, 0.6) is 0 Å². The smallest absolute Gasteiger partial charge is 0.340 e. The SMILES string of the molecule is CC(OC(=O)c1ccc(Cl)nc1)C(=O)Nc1ccccc1. The topological polar surface area (TPSA) is 68.3 Å². The summed E-state index contributed by atoms with van der Waals surface area (Å²) in [5, 5.41) is 2.93. The molecule has 2 aromatic rings. The Bertz CT molecular complexity index is 629. The average Bonchev–Trinajstić information content (AvgIpc) is 2.48. The molecule has 0 aliphatic heterocycles. The van der Waals surface area contributed by atoms with Gasteiger partial charge in [0, 0.05) is 11.9 Å². The van der Waals surface area contributed by atoms with E-state index >= 15 is 0 Å². The van der Waals surface area contributed by atoms with Crippen molar-refractivity contribution < 1.29 is 14.3 Å². The number of aromatic nitrogens is 1. The van der Waals surface area contributed by atoms with Crippen molar-refractivity contribution >= 4 is 29.2 Å². The number of anilines is 1. The van der Waals surface area contributed by atoms with Crippen LogP contribution in [0.15, 0.2) is 48.7 Å². The van der Waals surface area contributed by atoms with Crippen LogP contribution >= 0.6 is 11.6 Å². The van der Waals surface area contributed by atoms with E-state index in [1.54, 1.807) is 24.3 Å². The number of ether oxygens (including phenoxy) is 1. The van der Waals surface area contributed by atoms with Gasteiger partial charge in [-0.1, -0.05) is 29.8 Å². The van der Waals surface area contributed by atoms with E-state index in [4.69, 9.17) is 16.3 Å². The van der Waals surface area contributed by atoms with Crippen molar-refractivity contribution in [2.75, 3.05) is 5.32 Å². The van der Waals surface area contributed by atoms with Gasteiger partial charge in [-0.3, -0.25) is 4.79 Å². The number of amides is 1. The van der Waals surface area contributed by atoms with E-state index in [2.05, 4.69) is 10.3 Å². The first-order chi connectivity index (χ1) is 10.1. The zero-order valence-electron chi connectivity index (χ0n) is 11.2. The number of nitrogens with zero attached hydrogens (tertiary/aromatic N) is 1. The highest BCUT2D eigenvalue weighted by Gasteiger charge is 2.19. The van der Waals surface area contributed by atoms with Gasteiger partial charge in [0.1, 0.15) is 5.15 Å². The van der Waals surface area contributed by atoms with Crippen molar-refractivity contribution in [3.05, 3.63) is 59.4 Å². The molecule has 0 bridgehead atoms. The maximum atomic E-state index is 11.9. The molecule has 0 radical (unpaired) electrons. The highest BCUT2D eigenvalue weighted by Crippen LogP contribution is 2.10. The molecule has 6 heteroatoms. The summed E-state index contributed by atoms with van der Waals surface area (Å²) in [5.74, 6) is -1.04. The lowest BCUT2D eigenvalue weighted by molar-refractivity contribution is -0.123. The number of carbonyl (C=O) groups is 2. The fourth-order valence-corrected chi connectivity index (χ4v) is 1.66. The van der Waals surface area contributed by atoms with Gasteiger partial charge in [0.25, 0.3) is 5.91 Å². The molecule has 1 amide bonds. The van der Waals surface area contributed by atoms with Crippen LogP contribution in [0.3, 0.4) is 0 Å². The molecule has 0 saturated carbocycles. The Morgan fingerprint density at radius 2 is 1.90 bits per heavy atom. The van der Waals surface area contributed by atoms with Crippen LogP contribution in [0, 0.1) is 0 Å². The predicted octanol–water partition coefficient (Wildman–Crippen LogP) is 2.92. The molecule has 1 atom stereocenters. The molecule has 21 heavy (non-hydrogen) atoms. The van der Waals surface area contributed by atoms with Crippen LogP contribution in [0.2, 0.25) is 5.15 Å². The van der Waals surface area contributed by atoms with Gasteiger partial charge >= 0.3 is 5.97 Å². The maximum Gasteiger partial charge on any atom is 0.340 e. The maximum absolute atomic E-state index is 11.9. The van der Waals surface area contributed by atoms with Crippen molar-refractivity contribution in [3.63, 3.8) is 0 Å². The number of halogens is 1. The molecule has 0 spiro atoms. The molecule has 2 rings (SSSR count). The summed E-state index contributed by atoms with van der Waals surface area (Å²) in [6.07, 6.45) is 0.375. The number of nitrogens with one attached hydrogen (secondary N) is 1. The Kier molecular flexibility index (Phi) is 4.90. The number of para-hydroxylation sites is 1. The highest BCUT2D eigenvalue weighted by molar-refractivity contribution is 6.29. The molecule has 108 valence electrons.